The summed E-state index contributed by atoms with van der Waals surface area (Å²) in [5.41, 5.74) is 1.37. The molecule has 2 heterocycles. The number of hydrogen-bond donors (Lipinski definition) is 1. The lowest BCUT2D eigenvalue weighted by Gasteiger charge is -2.03. The van der Waals surface area contributed by atoms with E-state index in [9.17, 15) is 4.79 Å². The standard InChI is InChI=1S/C11H12BrN3OS/c1-7(2)15-5-9(4-13-15)14-11(16)8-3-10(12)17-6-8/h3-7H,1-2H3,(H,14,16). The Hall–Kier alpha value is -1.14. The van der Waals surface area contributed by atoms with Crippen molar-refractivity contribution in [2.75, 3.05) is 5.32 Å². The molecule has 17 heavy (non-hydrogen) atoms. The van der Waals surface area contributed by atoms with Crippen molar-refractivity contribution in [2.24, 2.45) is 0 Å². The molecule has 0 fully saturated rings. The number of rotatable bonds is 3. The summed E-state index contributed by atoms with van der Waals surface area (Å²) in [6, 6.07) is 2.09. The normalized spacial score (nSPS) is 10.8. The molecule has 0 aliphatic carbocycles. The molecule has 0 radical (unpaired) electrons. The third kappa shape index (κ3) is 2.95. The fourth-order valence-corrected chi connectivity index (χ4v) is 2.45. The van der Waals surface area contributed by atoms with Crippen LogP contribution in [0.5, 0.6) is 0 Å². The largest absolute Gasteiger partial charge is 0.319 e. The van der Waals surface area contributed by atoms with Crippen LogP contribution in [0.15, 0.2) is 27.6 Å². The van der Waals surface area contributed by atoms with E-state index in [1.807, 2.05) is 25.4 Å². The van der Waals surface area contributed by atoms with Crippen LogP contribution >= 0.6 is 27.3 Å². The minimum atomic E-state index is -0.116. The van der Waals surface area contributed by atoms with Gasteiger partial charge in [-0.15, -0.1) is 11.3 Å². The SMILES string of the molecule is CC(C)n1cc(NC(=O)c2csc(Br)c2)cn1. The van der Waals surface area contributed by atoms with Crippen LogP contribution in [0.1, 0.15) is 30.2 Å². The van der Waals surface area contributed by atoms with Gasteiger partial charge in [0.05, 0.1) is 21.2 Å². The zero-order chi connectivity index (χ0) is 12.4. The number of anilines is 1. The summed E-state index contributed by atoms with van der Waals surface area (Å²) in [5, 5.41) is 8.79. The van der Waals surface area contributed by atoms with E-state index in [-0.39, 0.29) is 11.9 Å². The van der Waals surface area contributed by atoms with E-state index in [1.165, 1.54) is 11.3 Å². The van der Waals surface area contributed by atoms with Crippen LogP contribution in [0.3, 0.4) is 0 Å². The predicted octanol–water partition coefficient (Wildman–Crippen LogP) is 3.54. The van der Waals surface area contributed by atoms with Gasteiger partial charge in [-0.2, -0.15) is 5.10 Å². The number of nitrogens with one attached hydrogen (secondary N) is 1. The number of carbonyl (C=O) groups is 1. The third-order valence-electron chi connectivity index (χ3n) is 2.22. The van der Waals surface area contributed by atoms with Crippen molar-refractivity contribution >= 4 is 38.9 Å². The molecule has 0 aliphatic heterocycles. The van der Waals surface area contributed by atoms with E-state index in [1.54, 1.807) is 16.9 Å². The van der Waals surface area contributed by atoms with Crippen molar-refractivity contribution in [3.63, 3.8) is 0 Å². The van der Waals surface area contributed by atoms with Crippen LogP contribution in [0, 0.1) is 0 Å². The molecule has 2 aromatic rings. The van der Waals surface area contributed by atoms with E-state index >= 15 is 0 Å². The summed E-state index contributed by atoms with van der Waals surface area (Å²) in [4.78, 5) is 11.8. The molecule has 0 bridgehead atoms. The maximum Gasteiger partial charge on any atom is 0.256 e. The summed E-state index contributed by atoms with van der Waals surface area (Å²) in [6.45, 7) is 4.07. The number of aromatic nitrogens is 2. The Balaban J connectivity index is 2.07. The van der Waals surface area contributed by atoms with Gasteiger partial charge in [0.15, 0.2) is 0 Å². The average molecular weight is 314 g/mol. The molecular weight excluding hydrogens is 302 g/mol. The molecule has 6 heteroatoms. The Morgan fingerprint density at radius 3 is 2.88 bits per heavy atom. The van der Waals surface area contributed by atoms with Gasteiger partial charge in [0.1, 0.15) is 0 Å². The van der Waals surface area contributed by atoms with Gasteiger partial charge in [-0.3, -0.25) is 9.48 Å². The minimum absolute atomic E-state index is 0.116. The first-order valence-corrected chi connectivity index (χ1v) is 6.83. The van der Waals surface area contributed by atoms with Gasteiger partial charge >= 0.3 is 0 Å². The smallest absolute Gasteiger partial charge is 0.256 e. The highest BCUT2D eigenvalue weighted by atomic mass is 79.9. The second-order valence-corrected chi connectivity index (χ2v) is 6.19. The molecule has 0 saturated carbocycles. The Kier molecular flexibility index (Phi) is 3.63. The summed E-state index contributed by atoms with van der Waals surface area (Å²) in [7, 11) is 0. The number of amides is 1. The Bertz CT molecular complexity index is 532. The number of carbonyl (C=O) groups excluding carboxylic acids is 1. The molecule has 0 unspecified atom stereocenters. The molecule has 2 rings (SSSR count). The third-order valence-corrected chi connectivity index (χ3v) is 3.72. The first kappa shape index (κ1) is 12.3. The van der Waals surface area contributed by atoms with Gasteiger partial charge in [0.25, 0.3) is 5.91 Å². The van der Waals surface area contributed by atoms with Crippen molar-refractivity contribution in [2.45, 2.75) is 19.9 Å². The van der Waals surface area contributed by atoms with E-state index in [2.05, 4.69) is 26.3 Å². The second-order valence-electron chi connectivity index (χ2n) is 3.90. The molecule has 0 spiro atoms. The monoisotopic (exact) mass is 313 g/mol. The van der Waals surface area contributed by atoms with Crippen molar-refractivity contribution in [3.8, 4) is 0 Å². The fraction of sp³-hybridized carbons (Fsp3) is 0.273. The van der Waals surface area contributed by atoms with Gasteiger partial charge in [-0.1, -0.05) is 0 Å². The first-order chi connectivity index (χ1) is 8.06. The van der Waals surface area contributed by atoms with Crippen molar-refractivity contribution in [3.05, 3.63) is 33.2 Å². The first-order valence-electron chi connectivity index (χ1n) is 5.16. The van der Waals surface area contributed by atoms with E-state index in [0.29, 0.717) is 11.3 Å². The zero-order valence-electron chi connectivity index (χ0n) is 9.48. The maximum atomic E-state index is 11.8. The van der Waals surface area contributed by atoms with Crippen molar-refractivity contribution in [1.29, 1.82) is 0 Å². The minimum Gasteiger partial charge on any atom is -0.319 e. The second kappa shape index (κ2) is 5.01. The number of halogens is 1. The highest BCUT2D eigenvalue weighted by molar-refractivity contribution is 9.11. The summed E-state index contributed by atoms with van der Waals surface area (Å²) >= 11 is 4.82. The quantitative estimate of drug-likeness (QED) is 0.942. The molecule has 0 aliphatic rings. The topological polar surface area (TPSA) is 46.9 Å². The molecule has 0 atom stereocenters. The predicted molar refractivity (Wildman–Crippen MR) is 72.6 cm³/mol. The molecule has 1 N–H and O–H groups in total. The molecule has 0 aromatic carbocycles. The van der Waals surface area contributed by atoms with Gasteiger partial charge in [-0.25, -0.2) is 0 Å². The van der Waals surface area contributed by atoms with E-state index in [4.69, 9.17) is 0 Å². The van der Waals surface area contributed by atoms with E-state index in [0.717, 1.165) is 3.79 Å². The van der Waals surface area contributed by atoms with Gasteiger partial charge in [0, 0.05) is 17.6 Å². The van der Waals surface area contributed by atoms with E-state index < -0.39 is 0 Å². The van der Waals surface area contributed by atoms with Crippen LogP contribution in [0.4, 0.5) is 5.69 Å². The van der Waals surface area contributed by atoms with Crippen LogP contribution < -0.4 is 5.32 Å². The lowest BCUT2D eigenvalue weighted by molar-refractivity contribution is 0.102. The lowest BCUT2D eigenvalue weighted by Crippen LogP contribution is -2.10. The Morgan fingerprint density at radius 2 is 2.35 bits per heavy atom. The summed E-state index contributed by atoms with van der Waals surface area (Å²) < 4.78 is 2.75. The average Bonchev–Trinajstić information content (AvgIpc) is 2.86. The van der Waals surface area contributed by atoms with Crippen LogP contribution in [-0.2, 0) is 0 Å². The molecular formula is C11H12BrN3OS. The summed E-state index contributed by atoms with van der Waals surface area (Å²) in [6.07, 6.45) is 3.48. The van der Waals surface area contributed by atoms with Gasteiger partial charge in [-0.05, 0) is 35.8 Å². The molecule has 1 amide bonds. The zero-order valence-corrected chi connectivity index (χ0v) is 11.9. The fourth-order valence-electron chi connectivity index (χ4n) is 1.32. The maximum absolute atomic E-state index is 11.8. The molecule has 4 nitrogen and oxygen atoms in total. The Morgan fingerprint density at radius 1 is 1.59 bits per heavy atom. The van der Waals surface area contributed by atoms with Crippen molar-refractivity contribution < 1.29 is 4.79 Å². The molecule has 90 valence electrons. The van der Waals surface area contributed by atoms with Gasteiger partial charge < -0.3 is 5.32 Å². The number of nitrogens with zero attached hydrogens (tertiary/aromatic N) is 2. The van der Waals surface area contributed by atoms with Crippen LogP contribution in [0.25, 0.3) is 0 Å². The Labute approximate surface area is 112 Å². The van der Waals surface area contributed by atoms with Crippen molar-refractivity contribution in [1.82, 2.24) is 9.78 Å². The number of hydrogen-bond acceptors (Lipinski definition) is 3. The number of thiophene rings is 1. The lowest BCUT2D eigenvalue weighted by atomic mass is 10.3. The summed E-state index contributed by atoms with van der Waals surface area (Å²) in [5.74, 6) is -0.116. The van der Waals surface area contributed by atoms with Crippen LogP contribution in [0.2, 0.25) is 0 Å². The molecule has 0 saturated heterocycles. The highest BCUT2D eigenvalue weighted by Gasteiger charge is 2.09. The highest BCUT2D eigenvalue weighted by Crippen LogP contribution is 2.21. The molecule has 2 aromatic heterocycles. The van der Waals surface area contributed by atoms with Crippen LogP contribution in [-0.4, -0.2) is 15.7 Å². The van der Waals surface area contributed by atoms with Gasteiger partial charge in [0.2, 0.25) is 0 Å².